The van der Waals surface area contributed by atoms with Crippen molar-refractivity contribution in [1.82, 2.24) is 9.88 Å². The first-order valence-electron chi connectivity index (χ1n) is 16.0. The van der Waals surface area contributed by atoms with Crippen molar-refractivity contribution >= 4 is 11.9 Å². The third-order valence-corrected chi connectivity index (χ3v) is 10.2. The molecule has 2 aliphatic carbocycles. The van der Waals surface area contributed by atoms with E-state index in [2.05, 4.69) is 17.0 Å². The highest BCUT2D eigenvalue weighted by Crippen LogP contribution is 2.58. The maximum atomic E-state index is 13.7. The molecule has 6 nitrogen and oxygen atoms in total. The molecule has 7 rings (SSSR count). The quantitative estimate of drug-likeness (QED) is 0.237. The van der Waals surface area contributed by atoms with Gasteiger partial charge in [-0.1, -0.05) is 18.9 Å². The minimum atomic E-state index is -5.02. The topological polar surface area (TPSA) is 54.9 Å². The average molecular weight is 660 g/mol. The normalized spacial score (nSPS) is 20.9. The van der Waals surface area contributed by atoms with Gasteiger partial charge in [0.05, 0.1) is 36.0 Å². The largest absolute Gasteiger partial charge is 0.496 e. The Balaban J connectivity index is 1.31. The first kappa shape index (κ1) is 31.6. The molecule has 47 heavy (non-hydrogen) atoms. The highest BCUT2D eigenvalue weighted by atomic mass is 19.4. The van der Waals surface area contributed by atoms with E-state index in [-0.39, 0.29) is 18.2 Å². The highest BCUT2D eigenvalue weighted by molar-refractivity contribution is 5.79. The van der Waals surface area contributed by atoms with Crippen molar-refractivity contribution in [3.63, 3.8) is 0 Å². The van der Waals surface area contributed by atoms with E-state index in [4.69, 9.17) is 14.5 Å². The molecule has 4 aliphatic rings. The molecule has 12 heteroatoms. The van der Waals surface area contributed by atoms with Crippen molar-refractivity contribution in [3.8, 4) is 16.9 Å². The number of ether oxygens (including phenoxy) is 2. The van der Waals surface area contributed by atoms with E-state index in [0.29, 0.717) is 42.3 Å². The summed E-state index contributed by atoms with van der Waals surface area (Å²) in [5.41, 5.74) is -0.0138. The average Bonchev–Trinajstić information content (AvgIpc) is 3.48. The zero-order chi connectivity index (χ0) is 33.3. The molecule has 3 heterocycles. The van der Waals surface area contributed by atoms with Gasteiger partial charge in [-0.15, -0.1) is 0 Å². The van der Waals surface area contributed by atoms with Gasteiger partial charge in [0.25, 0.3) is 0 Å². The molecule has 0 unspecified atom stereocenters. The maximum absolute atomic E-state index is 13.7. The van der Waals surface area contributed by atoms with Crippen LogP contribution in [0.25, 0.3) is 11.1 Å². The Bertz CT molecular complexity index is 1680. The van der Waals surface area contributed by atoms with Crippen LogP contribution in [-0.2, 0) is 23.6 Å². The number of carbonyl (C=O) groups excluding carboxylic acids is 1. The number of pyridine rings is 1. The number of nitrogens with zero attached hydrogens (tertiary/aromatic N) is 3. The van der Waals surface area contributed by atoms with Gasteiger partial charge in [-0.3, -0.25) is 4.90 Å². The van der Waals surface area contributed by atoms with Gasteiger partial charge in [0, 0.05) is 24.2 Å². The van der Waals surface area contributed by atoms with E-state index in [9.17, 15) is 31.1 Å². The molecule has 2 aliphatic heterocycles. The van der Waals surface area contributed by atoms with Crippen molar-refractivity contribution in [1.29, 1.82) is 0 Å². The van der Waals surface area contributed by atoms with Gasteiger partial charge in [0.15, 0.2) is 6.10 Å². The van der Waals surface area contributed by atoms with E-state index in [1.165, 1.54) is 23.3 Å². The molecule has 1 spiro atoms. The number of alkyl halides is 6. The summed E-state index contributed by atoms with van der Waals surface area (Å²) < 4.78 is 93.9. The van der Waals surface area contributed by atoms with E-state index < -0.39 is 41.2 Å². The van der Waals surface area contributed by atoms with Gasteiger partial charge in [-0.2, -0.15) is 26.3 Å². The van der Waals surface area contributed by atoms with Crippen LogP contribution in [-0.4, -0.2) is 41.7 Å². The van der Waals surface area contributed by atoms with Gasteiger partial charge in [0.2, 0.25) is 0 Å². The predicted octanol–water partition coefficient (Wildman–Crippen LogP) is 9.20. The number of methoxy groups -OCH3 is 1. The second-order valence-corrected chi connectivity index (χ2v) is 13.2. The summed E-state index contributed by atoms with van der Waals surface area (Å²) in [4.78, 5) is 22.2. The molecule has 2 saturated carbocycles. The Morgan fingerprint density at radius 3 is 2.13 bits per heavy atom. The zero-order valence-electron chi connectivity index (χ0n) is 26.1. The number of hydrogen-bond acceptors (Lipinski definition) is 5. The lowest BCUT2D eigenvalue weighted by atomic mass is 9.90. The molecule has 2 aromatic carbocycles. The van der Waals surface area contributed by atoms with Crippen molar-refractivity contribution in [3.05, 3.63) is 76.0 Å². The Morgan fingerprint density at radius 1 is 0.915 bits per heavy atom. The summed E-state index contributed by atoms with van der Waals surface area (Å²) in [5, 5.41) is 0. The molecule has 2 saturated heterocycles. The molecule has 1 aromatic heterocycles. The fourth-order valence-corrected chi connectivity index (χ4v) is 7.48. The number of carbonyl (C=O) groups is 1. The van der Waals surface area contributed by atoms with Gasteiger partial charge >= 0.3 is 18.4 Å². The van der Waals surface area contributed by atoms with Crippen molar-refractivity contribution in [2.45, 2.75) is 88.3 Å². The lowest BCUT2D eigenvalue weighted by Gasteiger charge is -2.33. The smallest absolute Gasteiger partial charge is 0.416 e. The van der Waals surface area contributed by atoms with Crippen LogP contribution < -0.4 is 9.64 Å². The Kier molecular flexibility index (Phi) is 7.63. The molecular weight excluding hydrogens is 624 g/mol. The molecular formula is C35H35F6N3O3. The summed E-state index contributed by atoms with van der Waals surface area (Å²) >= 11 is 0. The summed E-state index contributed by atoms with van der Waals surface area (Å²) in [7, 11) is 1.59. The van der Waals surface area contributed by atoms with Gasteiger partial charge in [-0.25, -0.2) is 9.78 Å². The molecule has 0 N–H and O–H groups in total. The molecule has 1 atom stereocenters. The molecule has 0 bridgehead atoms. The Morgan fingerprint density at radius 2 is 1.57 bits per heavy atom. The van der Waals surface area contributed by atoms with Crippen LogP contribution in [0, 0.1) is 6.92 Å². The number of aromatic nitrogens is 1. The van der Waals surface area contributed by atoms with Crippen LogP contribution in [0.2, 0.25) is 0 Å². The van der Waals surface area contributed by atoms with E-state index in [1.54, 1.807) is 7.11 Å². The molecule has 1 amide bonds. The van der Waals surface area contributed by atoms with Crippen LogP contribution in [0.1, 0.15) is 90.5 Å². The Labute approximate surface area is 268 Å². The van der Waals surface area contributed by atoms with Gasteiger partial charge in [-0.05, 0) is 98.0 Å². The summed E-state index contributed by atoms with van der Waals surface area (Å²) in [6, 6.07) is 9.59. The number of amides is 1. The third kappa shape index (κ3) is 5.67. The summed E-state index contributed by atoms with van der Waals surface area (Å²) in [6.07, 6.45) is -5.87. The number of aryl methyl sites for hydroxylation is 1. The standard InChI is InChI=1S/C35H35F6N3O3/c1-20-14-29(43-12-5-13-43)42-27(30(20)26-17-22(8-9-28(26)46-2)21-6-3-4-7-21)19-44-32(45)47-31(33(44)10-11-33)23-15-24(34(36,37)38)18-25(16-23)35(39,40)41/h8-9,14-18,21,31H,3-7,10-13,19H2,1-2H3/t31-/m1/s1. The number of hydrogen-bond donors (Lipinski definition) is 0. The lowest BCUT2D eigenvalue weighted by molar-refractivity contribution is -0.143. The minimum Gasteiger partial charge on any atom is -0.496 e. The number of cyclic esters (lactones) is 1. The fourth-order valence-electron chi connectivity index (χ4n) is 7.48. The van der Waals surface area contributed by atoms with E-state index in [0.717, 1.165) is 54.9 Å². The van der Waals surface area contributed by atoms with Crippen molar-refractivity contribution < 1.29 is 40.6 Å². The monoisotopic (exact) mass is 659 g/mol. The van der Waals surface area contributed by atoms with Gasteiger partial charge < -0.3 is 14.4 Å². The SMILES string of the molecule is COc1ccc(C2CCCC2)cc1-c1c(C)cc(N2CCC2)nc1CN1C(=O)O[C@H](c2cc(C(F)(F)F)cc(C(F)(F)F)c2)C12CC2. The summed E-state index contributed by atoms with van der Waals surface area (Å²) in [6.45, 7) is 3.61. The Hall–Kier alpha value is -3.96. The van der Waals surface area contributed by atoms with Crippen molar-refractivity contribution in [2.75, 3.05) is 25.1 Å². The third-order valence-electron chi connectivity index (χ3n) is 10.2. The maximum Gasteiger partial charge on any atom is 0.416 e. The fraction of sp³-hybridized carbons (Fsp3) is 0.486. The van der Waals surface area contributed by atoms with Gasteiger partial charge in [0.1, 0.15) is 11.6 Å². The second-order valence-electron chi connectivity index (χ2n) is 13.2. The number of rotatable bonds is 7. The van der Waals surface area contributed by atoms with E-state index >= 15 is 0 Å². The van der Waals surface area contributed by atoms with Crippen LogP contribution in [0.5, 0.6) is 5.75 Å². The number of anilines is 1. The first-order chi connectivity index (χ1) is 22.3. The predicted molar refractivity (Wildman–Crippen MR) is 162 cm³/mol. The molecule has 250 valence electrons. The molecule has 0 radical (unpaired) electrons. The minimum absolute atomic E-state index is 0.0327. The molecule has 4 fully saturated rings. The number of benzene rings is 2. The van der Waals surface area contributed by atoms with Crippen molar-refractivity contribution in [2.24, 2.45) is 0 Å². The van der Waals surface area contributed by atoms with Crippen LogP contribution in [0.3, 0.4) is 0 Å². The molecule has 3 aromatic rings. The number of halogens is 6. The first-order valence-corrected chi connectivity index (χ1v) is 16.0. The van der Waals surface area contributed by atoms with Crippen LogP contribution in [0.4, 0.5) is 37.0 Å². The van der Waals surface area contributed by atoms with E-state index in [1.807, 2.05) is 19.1 Å². The lowest BCUT2D eigenvalue weighted by Crippen LogP contribution is -2.39. The highest BCUT2D eigenvalue weighted by Gasteiger charge is 2.64. The van der Waals surface area contributed by atoms with Crippen LogP contribution >= 0.6 is 0 Å². The van der Waals surface area contributed by atoms with Crippen LogP contribution in [0.15, 0.2) is 42.5 Å². The second kappa shape index (κ2) is 11.3. The zero-order valence-corrected chi connectivity index (χ0v) is 26.1. The summed E-state index contributed by atoms with van der Waals surface area (Å²) in [5.74, 6) is 1.82.